The first-order valence-corrected chi connectivity index (χ1v) is 13.6. The average molecular weight is 415 g/mol. The van der Waals surface area contributed by atoms with Crippen LogP contribution >= 0.6 is 0 Å². The van der Waals surface area contributed by atoms with Crippen molar-refractivity contribution >= 4 is 14.0 Å². The maximum Gasteiger partial charge on any atom is 0.192 e. The second-order valence-electron chi connectivity index (χ2n) is 9.79. The molecule has 3 rings (SSSR count). The van der Waals surface area contributed by atoms with Gasteiger partial charge in [0.1, 0.15) is 0 Å². The summed E-state index contributed by atoms with van der Waals surface area (Å²) in [6.45, 7) is 15.2. The van der Waals surface area contributed by atoms with E-state index < -0.39 is 8.32 Å². The molecule has 1 aromatic heterocycles. The van der Waals surface area contributed by atoms with Gasteiger partial charge in [0.2, 0.25) is 0 Å². The second kappa shape index (κ2) is 8.56. The molecular formula is C24H35FN2OSi. The molecule has 0 N–H and O–H groups in total. The van der Waals surface area contributed by atoms with Gasteiger partial charge in [0.05, 0.1) is 12.3 Å². The summed E-state index contributed by atoms with van der Waals surface area (Å²) in [6.07, 6.45) is 3.96. The number of aromatic nitrogens is 1. The van der Waals surface area contributed by atoms with Crippen molar-refractivity contribution < 1.29 is 8.82 Å². The molecule has 0 spiro atoms. The lowest BCUT2D eigenvalue weighted by Gasteiger charge is -2.36. The molecule has 0 bridgehead atoms. The highest BCUT2D eigenvalue weighted by Gasteiger charge is 2.37. The highest BCUT2D eigenvalue weighted by Crippen LogP contribution is 2.38. The van der Waals surface area contributed by atoms with Gasteiger partial charge >= 0.3 is 0 Å². The standard InChI is InChI=1S/C24H35FN2OSi/c1-18-16-20(10-13-26-18)19-11-14-27(15-12-19)22-9-7-8-21(23(22)25)17-28-29(5,6)24(2,3)4/h7-10,13,16,19H,11-12,14-15,17H2,1-6H3. The molecule has 3 nitrogen and oxygen atoms in total. The Balaban J connectivity index is 1.67. The number of hydrogen-bond acceptors (Lipinski definition) is 3. The fraction of sp³-hybridized carbons (Fsp3) is 0.542. The Morgan fingerprint density at radius 1 is 1.17 bits per heavy atom. The Bertz CT molecular complexity index is 839. The Morgan fingerprint density at radius 3 is 2.48 bits per heavy atom. The van der Waals surface area contributed by atoms with Crippen LogP contribution < -0.4 is 4.90 Å². The molecule has 0 aliphatic carbocycles. The normalized spacial score (nSPS) is 16.3. The largest absolute Gasteiger partial charge is 0.412 e. The molecule has 1 aliphatic heterocycles. The Labute approximate surface area is 176 Å². The van der Waals surface area contributed by atoms with Gasteiger partial charge < -0.3 is 9.33 Å². The molecular weight excluding hydrogens is 379 g/mol. The zero-order valence-electron chi connectivity index (χ0n) is 18.8. The van der Waals surface area contributed by atoms with Crippen LogP contribution in [0, 0.1) is 12.7 Å². The van der Waals surface area contributed by atoms with E-state index in [1.54, 1.807) is 0 Å². The molecule has 0 saturated carbocycles. The minimum atomic E-state index is -1.90. The molecule has 2 aromatic rings. The van der Waals surface area contributed by atoms with Crippen LogP contribution in [-0.2, 0) is 11.0 Å². The lowest BCUT2D eigenvalue weighted by molar-refractivity contribution is 0.271. The minimum absolute atomic E-state index is 0.119. The molecule has 0 unspecified atom stereocenters. The van der Waals surface area contributed by atoms with E-state index in [1.165, 1.54) is 5.56 Å². The van der Waals surface area contributed by atoms with Gasteiger partial charge in [0.15, 0.2) is 14.1 Å². The van der Waals surface area contributed by atoms with Crippen LogP contribution in [0.3, 0.4) is 0 Å². The fourth-order valence-electron chi connectivity index (χ4n) is 3.67. The smallest absolute Gasteiger partial charge is 0.192 e. The van der Waals surface area contributed by atoms with Crippen LogP contribution in [0.4, 0.5) is 10.1 Å². The molecule has 2 heterocycles. The molecule has 1 fully saturated rings. The summed E-state index contributed by atoms with van der Waals surface area (Å²) in [5, 5.41) is 0.119. The molecule has 29 heavy (non-hydrogen) atoms. The molecule has 0 amide bonds. The number of hydrogen-bond donors (Lipinski definition) is 0. The Kier molecular flexibility index (Phi) is 6.49. The van der Waals surface area contributed by atoms with Crippen molar-refractivity contribution in [2.24, 2.45) is 0 Å². The second-order valence-corrected chi connectivity index (χ2v) is 14.6. The fourth-order valence-corrected chi connectivity index (χ4v) is 4.62. The zero-order valence-corrected chi connectivity index (χ0v) is 19.8. The molecule has 158 valence electrons. The third kappa shape index (κ3) is 5.07. The van der Waals surface area contributed by atoms with Gasteiger partial charge in [-0.25, -0.2) is 4.39 Å². The van der Waals surface area contributed by atoms with Gasteiger partial charge in [0, 0.05) is 30.5 Å². The predicted octanol–water partition coefficient (Wildman–Crippen LogP) is 6.43. The molecule has 0 radical (unpaired) electrons. The van der Waals surface area contributed by atoms with Crippen molar-refractivity contribution in [3.8, 4) is 0 Å². The van der Waals surface area contributed by atoms with Crippen molar-refractivity contribution in [1.29, 1.82) is 0 Å². The number of anilines is 1. The van der Waals surface area contributed by atoms with Crippen LogP contribution in [0.15, 0.2) is 36.5 Å². The summed E-state index contributed by atoms with van der Waals surface area (Å²) in [4.78, 5) is 6.49. The third-order valence-electron chi connectivity index (χ3n) is 6.68. The number of halogens is 1. The van der Waals surface area contributed by atoms with Crippen molar-refractivity contribution in [3.05, 3.63) is 59.2 Å². The molecule has 1 aliphatic rings. The summed E-state index contributed by atoms with van der Waals surface area (Å²) in [5.74, 6) is 0.408. The van der Waals surface area contributed by atoms with Crippen molar-refractivity contribution in [3.63, 3.8) is 0 Å². The van der Waals surface area contributed by atoms with Gasteiger partial charge in [-0.2, -0.15) is 0 Å². The first kappa shape index (κ1) is 22.0. The average Bonchev–Trinajstić information content (AvgIpc) is 2.66. The number of pyridine rings is 1. The zero-order chi connectivity index (χ0) is 21.2. The topological polar surface area (TPSA) is 25.4 Å². The monoisotopic (exact) mass is 414 g/mol. The van der Waals surface area contributed by atoms with Gasteiger partial charge in [-0.3, -0.25) is 4.98 Å². The van der Waals surface area contributed by atoms with E-state index in [4.69, 9.17) is 4.43 Å². The molecule has 1 saturated heterocycles. The summed E-state index contributed by atoms with van der Waals surface area (Å²) < 4.78 is 21.6. The van der Waals surface area contributed by atoms with E-state index in [2.05, 4.69) is 55.9 Å². The number of rotatable bonds is 5. The number of aryl methyl sites for hydroxylation is 1. The number of benzene rings is 1. The number of piperidine rings is 1. The third-order valence-corrected chi connectivity index (χ3v) is 11.2. The van der Waals surface area contributed by atoms with Crippen LogP contribution in [0.5, 0.6) is 0 Å². The Morgan fingerprint density at radius 2 is 1.86 bits per heavy atom. The molecule has 5 heteroatoms. The summed E-state index contributed by atoms with van der Waals surface area (Å²) in [7, 11) is -1.90. The summed E-state index contributed by atoms with van der Waals surface area (Å²) >= 11 is 0. The Hall–Kier alpha value is -1.72. The molecule has 1 aromatic carbocycles. The quantitative estimate of drug-likeness (QED) is 0.527. The maximum atomic E-state index is 15.3. The predicted molar refractivity (Wildman–Crippen MR) is 122 cm³/mol. The maximum absolute atomic E-state index is 15.3. The number of nitrogens with zero attached hydrogens (tertiary/aromatic N) is 2. The van der Waals surface area contributed by atoms with E-state index in [0.29, 0.717) is 23.8 Å². The SMILES string of the molecule is Cc1cc(C2CCN(c3cccc(CO[Si](C)(C)C(C)(C)C)c3F)CC2)ccn1. The lowest BCUT2D eigenvalue weighted by atomic mass is 9.89. The van der Waals surface area contributed by atoms with Crippen molar-refractivity contribution in [2.45, 2.75) is 71.2 Å². The highest BCUT2D eigenvalue weighted by atomic mass is 28.4. The summed E-state index contributed by atoms with van der Waals surface area (Å²) in [6, 6.07) is 10.0. The lowest BCUT2D eigenvalue weighted by Crippen LogP contribution is -2.40. The van der Waals surface area contributed by atoms with E-state index in [9.17, 15) is 0 Å². The van der Waals surface area contributed by atoms with Crippen molar-refractivity contribution in [1.82, 2.24) is 4.98 Å². The molecule has 0 atom stereocenters. The van der Waals surface area contributed by atoms with E-state index in [1.807, 2.05) is 31.3 Å². The first-order chi connectivity index (χ1) is 13.6. The van der Waals surface area contributed by atoms with Crippen molar-refractivity contribution in [2.75, 3.05) is 18.0 Å². The van der Waals surface area contributed by atoms with Gasteiger partial charge in [0.25, 0.3) is 0 Å². The van der Waals surface area contributed by atoms with E-state index in [-0.39, 0.29) is 10.9 Å². The van der Waals surface area contributed by atoms with E-state index in [0.717, 1.165) is 31.6 Å². The first-order valence-electron chi connectivity index (χ1n) is 10.7. The minimum Gasteiger partial charge on any atom is -0.412 e. The van der Waals surface area contributed by atoms with E-state index >= 15 is 4.39 Å². The van der Waals surface area contributed by atoms with Crippen LogP contribution in [0.25, 0.3) is 0 Å². The van der Waals surface area contributed by atoms with Crippen LogP contribution in [-0.4, -0.2) is 26.4 Å². The van der Waals surface area contributed by atoms with Crippen LogP contribution in [0.1, 0.15) is 56.4 Å². The van der Waals surface area contributed by atoms with Gasteiger partial charge in [-0.05, 0) is 67.6 Å². The summed E-state index contributed by atoms with van der Waals surface area (Å²) in [5.41, 5.74) is 3.80. The van der Waals surface area contributed by atoms with Gasteiger partial charge in [-0.15, -0.1) is 0 Å². The van der Waals surface area contributed by atoms with Crippen LogP contribution in [0.2, 0.25) is 18.1 Å². The highest BCUT2D eigenvalue weighted by molar-refractivity contribution is 6.74. The van der Waals surface area contributed by atoms with Gasteiger partial charge in [-0.1, -0.05) is 32.9 Å².